The van der Waals surface area contributed by atoms with Crippen LogP contribution < -0.4 is 0 Å². The van der Waals surface area contributed by atoms with Gasteiger partial charge in [0.05, 0.1) is 12.2 Å². The lowest BCUT2D eigenvalue weighted by Gasteiger charge is -2.39. The van der Waals surface area contributed by atoms with Crippen molar-refractivity contribution < 1.29 is 19.1 Å². The predicted octanol–water partition coefficient (Wildman–Crippen LogP) is 1.18. The second-order valence-electron chi connectivity index (χ2n) is 3.81. The molecule has 0 N–H and O–H groups in total. The molecular formula is C10H16N2O3. The molecule has 1 rings (SSSR count). The van der Waals surface area contributed by atoms with E-state index in [9.17, 15) is 4.79 Å². The van der Waals surface area contributed by atoms with E-state index < -0.39 is 11.6 Å². The van der Waals surface area contributed by atoms with Gasteiger partial charge < -0.3 is 15.0 Å². The van der Waals surface area contributed by atoms with Crippen molar-refractivity contribution in [1.29, 1.82) is 0 Å². The van der Waals surface area contributed by atoms with Gasteiger partial charge in [0.15, 0.2) is 0 Å². The fraction of sp³-hybridized carbons (Fsp3) is 0.800. The first-order chi connectivity index (χ1) is 7.04. The van der Waals surface area contributed by atoms with Gasteiger partial charge >= 0.3 is 6.21 Å². The lowest BCUT2D eigenvalue weighted by atomic mass is 10.0. The van der Waals surface area contributed by atoms with Crippen molar-refractivity contribution in [3.63, 3.8) is 0 Å². The molecule has 0 aromatic heterocycles. The number of carbonyl (C=O) groups excluding carboxylic acids is 1. The highest BCUT2D eigenvalue weighted by Gasteiger charge is 2.46. The summed E-state index contributed by atoms with van der Waals surface area (Å²) in [5.41, 5.74) is 8.35. The summed E-state index contributed by atoms with van der Waals surface area (Å²) in [4.78, 5) is 14.4. The van der Waals surface area contributed by atoms with Crippen LogP contribution in [0, 0.1) is 0 Å². The van der Waals surface area contributed by atoms with Crippen LogP contribution in [0.2, 0.25) is 0 Å². The van der Waals surface area contributed by atoms with Gasteiger partial charge in [0.2, 0.25) is 5.79 Å². The Morgan fingerprint density at radius 3 is 2.47 bits per heavy atom. The van der Waals surface area contributed by atoms with Gasteiger partial charge in [-0.3, -0.25) is 4.79 Å². The largest absolute Gasteiger partial charge is 0.361 e. The van der Waals surface area contributed by atoms with Gasteiger partial charge in [0.25, 0.3) is 5.78 Å². The number of nitrogens with zero attached hydrogens (tertiary/aromatic N) is 2. The lowest BCUT2D eigenvalue weighted by Crippen LogP contribution is -2.52. The zero-order valence-corrected chi connectivity index (χ0v) is 9.27. The highest BCUT2D eigenvalue weighted by atomic mass is 16.7. The molecule has 0 aromatic carbocycles. The molecule has 15 heavy (non-hydrogen) atoms. The molecule has 2 atom stereocenters. The first kappa shape index (κ1) is 12.0. The van der Waals surface area contributed by atoms with Crippen LogP contribution in [0.25, 0.3) is 5.53 Å². The Hall–Kier alpha value is -1.03. The number of ketones is 1. The number of rotatable bonds is 3. The second kappa shape index (κ2) is 4.66. The van der Waals surface area contributed by atoms with Gasteiger partial charge in [0.1, 0.15) is 0 Å². The number of Topliss-reactive ketones (excluding diaryl/α,β-unsaturated/α-hetero) is 1. The molecule has 2 unspecified atom stereocenters. The van der Waals surface area contributed by atoms with E-state index in [1.54, 1.807) is 6.92 Å². The van der Waals surface area contributed by atoms with Crippen LogP contribution in [-0.2, 0) is 14.3 Å². The fourth-order valence-corrected chi connectivity index (χ4v) is 1.85. The molecule has 0 saturated carbocycles. The van der Waals surface area contributed by atoms with Crippen LogP contribution in [0.15, 0.2) is 0 Å². The molecule has 0 radical (unpaired) electrons. The molecule has 1 saturated heterocycles. The fourth-order valence-electron chi connectivity index (χ4n) is 1.85. The van der Waals surface area contributed by atoms with Crippen LogP contribution in [0.4, 0.5) is 0 Å². The maximum atomic E-state index is 11.7. The van der Waals surface area contributed by atoms with Crippen LogP contribution in [0.3, 0.4) is 0 Å². The van der Waals surface area contributed by atoms with Gasteiger partial charge in [-0.2, -0.15) is 4.79 Å². The lowest BCUT2D eigenvalue weighted by molar-refractivity contribution is -0.291. The van der Waals surface area contributed by atoms with Crippen LogP contribution in [-0.4, -0.2) is 34.8 Å². The van der Waals surface area contributed by atoms with E-state index in [1.165, 1.54) is 0 Å². The minimum absolute atomic E-state index is 0.0373. The summed E-state index contributed by atoms with van der Waals surface area (Å²) < 4.78 is 11.1. The predicted molar refractivity (Wildman–Crippen MR) is 53.4 cm³/mol. The molecule has 0 aliphatic carbocycles. The third-order valence-electron chi connectivity index (χ3n) is 2.46. The Kier molecular flexibility index (Phi) is 3.74. The van der Waals surface area contributed by atoms with Crippen molar-refractivity contribution >= 4 is 12.0 Å². The van der Waals surface area contributed by atoms with E-state index >= 15 is 0 Å². The van der Waals surface area contributed by atoms with Crippen LogP contribution in [0.1, 0.15) is 33.6 Å². The summed E-state index contributed by atoms with van der Waals surface area (Å²) in [6, 6.07) is 0. The average molecular weight is 212 g/mol. The number of carbonyl (C=O) groups is 1. The van der Waals surface area contributed by atoms with Gasteiger partial charge in [-0.15, -0.1) is 0 Å². The van der Waals surface area contributed by atoms with Crippen LogP contribution >= 0.6 is 0 Å². The van der Waals surface area contributed by atoms with Crippen molar-refractivity contribution in [1.82, 2.24) is 0 Å². The van der Waals surface area contributed by atoms with E-state index in [4.69, 9.17) is 15.0 Å². The monoisotopic (exact) mass is 212 g/mol. The first-order valence-electron chi connectivity index (χ1n) is 5.11. The molecule has 1 aliphatic heterocycles. The normalized spacial score (nSPS) is 35.7. The second-order valence-corrected chi connectivity index (χ2v) is 3.81. The number of ether oxygens (including phenoxy) is 2. The summed E-state index contributed by atoms with van der Waals surface area (Å²) in [6.07, 6.45) is 1.90. The summed E-state index contributed by atoms with van der Waals surface area (Å²) >= 11 is 0. The highest BCUT2D eigenvalue weighted by Crippen LogP contribution is 2.30. The number of hydrogen-bond donors (Lipinski definition) is 0. The molecule has 0 amide bonds. The summed E-state index contributed by atoms with van der Waals surface area (Å²) in [6.45, 7) is 5.59. The molecule has 0 aromatic rings. The van der Waals surface area contributed by atoms with Gasteiger partial charge in [-0.05, 0) is 20.3 Å². The minimum Gasteiger partial charge on any atom is -0.361 e. The van der Waals surface area contributed by atoms with E-state index in [0.717, 1.165) is 12.6 Å². The zero-order chi connectivity index (χ0) is 11.5. The third kappa shape index (κ3) is 2.50. The van der Waals surface area contributed by atoms with E-state index in [1.807, 2.05) is 13.8 Å². The maximum Gasteiger partial charge on any atom is 0.328 e. The molecule has 1 aliphatic rings. The number of hydrogen-bond acceptors (Lipinski definition) is 3. The SMILES string of the molecule is CCC1(C(=O)C=[N+]=[N-])OC(C)CC(C)O1. The Labute approximate surface area is 89.0 Å². The Bertz CT molecular complexity index is 287. The Balaban J connectivity index is 2.92. The summed E-state index contributed by atoms with van der Waals surface area (Å²) in [5, 5.41) is 0. The summed E-state index contributed by atoms with van der Waals surface area (Å²) in [5.74, 6) is -1.73. The highest BCUT2D eigenvalue weighted by molar-refractivity contribution is 6.28. The van der Waals surface area contributed by atoms with Gasteiger partial charge in [-0.25, -0.2) is 0 Å². The van der Waals surface area contributed by atoms with Gasteiger partial charge in [0, 0.05) is 6.42 Å². The maximum absolute atomic E-state index is 11.7. The van der Waals surface area contributed by atoms with Crippen LogP contribution in [0.5, 0.6) is 0 Å². The topological polar surface area (TPSA) is 71.9 Å². The molecular weight excluding hydrogens is 196 g/mol. The molecule has 5 heteroatoms. The van der Waals surface area contributed by atoms with Crippen molar-refractivity contribution in [2.24, 2.45) is 0 Å². The standard InChI is InChI=1S/C10H16N2O3/c1-4-10(9(13)6-12-11)14-7(2)5-8(3)15-10/h6-8H,4-5H2,1-3H3. The Morgan fingerprint density at radius 1 is 1.53 bits per heavy atom. The van der Waals surface area contributed by atoms with Crippen molar-refractivity contribution in [3.05, 3.63) is 5.53 Å². The van der Waals surface area contributed by atoms with E-state index in [-0.39, 0.29) is 12.2 Å². The molecule has 0 spiro atoms. The van der Waals surface area contributed by atoms with Crippen molar-refractivity contribution in [3.8, 4) is 0 Å². The van der Waals surface area contributed by atoms with E-state index in [0.29, 0.717) is 6.42 Å². The quantitative estimate of drug-likeness (QED) is 0.400. The molecule has 5 nitrogen and oxygen atoms in total. The first-order valence-corrected chi connectivity index (χ1v) is 5.11. The molecule has 84 valence electrons. The van der Waals surface area contributed by atoms with Crippen molar-refractivity contribution in [2.75, 3.05) is 0 Å². The van der Waals surface area contributed by atoms with E-state index in [2.05, 4.69) is 4.79 Å². The average Bonchev–Trinajstić information content (AvgIpc) is 2.16. The molecule has 0 bridgehead atoms. The minimum atomic E-state index is -1.27. The van der Waals surface area contributed by atoms with Crippen molar-refractivity contribution in [2.45, 2.75) is 51.6 Å². The third-order valence-corrected chi connectivity index (χ3v) is 2.46. The Morgan fingerprint density at radius 2 is 2.07 bits per heavy atom. The molecule has 1 heterocycles. The zero-order valence-electron chi connectivity index (χ0n) is 9.27. The summed E-state index contributed by atoms with van der Waals surface area (Å²) in [7, 11) is 0. The van der Waals surface area contributed by atoms with Gasteiger partial charge in [-0.1, -0.05) is 6.92 Å². The molecule has 1 fully saturated rings. The smallest absolute Gasteiger partial charge is 0.328 e.